The second kappa shape index (κ2) is 7.45. The highest BCUT2D eigenvalue weighted by Crippen LogP contribution is 2.31. The summed E-state index contributed by atoms with van der Waals surface area (Å²) in [5.74, 6) is -0.646. The molecule has 1 saturated carbocycles. The van der Waals surface area contributed by atoms with Crippen molar-refractivity contribution >= 4 is 57.3 Å². The molecule has 0 spiro atoms. The van der Waals surface area contributed by atoms with E-state index in [9.17, 15) is 14.0 Å². The Morgan fingerprint density at radius 1 is 1.33 bits per heavy atom. The van der Waals surface area contributed by atoms with Crippen LogP contribution in [0.15, 0.2) is 22.5 Å². The van der Waals surface area contributed by atoms with Crippen LogP contribution >= 0.6 is 34.7 Å². The van der Waals surface area contributed by atoms with E-state index in [2.05, 4.69) is 20.8 Å². The molecule has 126 valence electrons. The van der Waals surface area contributed by atoms with Crippen molar-refractivity contribution in [3.05, 3.63) is 29.0 Å². The molecule has 2 N–H and O–H groups in total. The lowest BCUT2D eigenvalue weighted by Crippen LogP contribution is -2.13. The average molecular weight is 387 g/mol. The molecule has 0 atom stereocenters. The number of carbonyl (C=O) groups is 2. The largest absolute Gasteiger partial charge is 0.325 e. The van der Waals surface area contributed by atoms with Crippen LogP contribution in [0.3, 0.4) is 0 Å². The highest BCUT2D eigenvalue weighted by molar-refractivity contribution is 8.01. The smallest absolute Gasteiger partial charge is 0.234 e. The topological polar surface area (TPSA) is 84.0 Å². The van der Waals surface area contributed by atoms with Gasteiger partial charge in [0, 0.05) is 11.6 Å². The predicted molar refractivity (Wildman–Crippen MR) is 92.0 cm³/mol. The van der Waals surface area contributed by atoms with Gasteiger partial charge in [-0.2, -0.15) is 0 Å². The van der Waals surface area contributed by atoms with E-state index < -0.39 is 5.82 Å². The third-order valence-electron chi connectivity index (χ3n) is 3.11. The standard InChI is InChI=1S/C14H12ClFN4O2S2/c15-9-5-8(3-4-10(9)16)17-11(21)6-23-14-20-19-13(24-14)18-12(22)7-1-2-7/h3-5,7H,1-2,6H2,(H,17,21)(H,18,19,22). The second-order valence-corrected chi connectivity index (χ2v) is 7.71. The van der Waals surface area contributed by atoms with Crippen LogP contribution in [0.25, 0.3) is 0 Å². The summed E-state index contributed by atoms with van der Waals surface area (Å²) in [5.41, 5.74) is 0.418. The number of amides is 2. The molecule has 3 rings (SSSR count). The first-order chi connectivity index (χ1) is 11.5. The molecule has 1 aliphatic rings. The molecule has 2 amide bonds. The number of halogens is 2. The Hall–Kier alpha value is -1.71. The fourth-order valence-corrected chi connectivity index (χ4v) is 3.51. The van der Waals surface area contributed by atoms with Crippen LogP contribution in [0.5, 0.6) is 0 Å². The number of hydrogen-bond acceptors (Lipinski definition) is 6. The highest BCUT2D eigenvalue weighted by atomic mass is 35.5. The zero-order valence-electron chi connectivity index (χ0n) is 12.2. The normalized spacial score (nSPS) is 13.6. The SMILES string of the molecule is O=C(CSc1nnc(NC(=O)C2CC2)s1)Nc1ccc(F)c(Cl)c1. The molecule has 1 heterocycles. The quantitative estimate of drug-likeness (QED) is 0.587. The summed E-state index contributed by atoms with van der Waals surface area (Å²) >= 11 is 8.08. The van der Waals surface area contributed by atoms with E-state index in [1.807, 2.05) is 0 Å². The summed E-state index contributed by atoms with van der Waals surface area (Å²) in [6, 6.07) is 3.96. The number of thioether (sulfide) groups is 1. The van der Waals surface area contributed by atoms with Crippen molar-refractivity contribution in [2.24, 2.45) is 5.92 Å². The molecule has 0 aliphatic heterocycles. The lowest BCUT2D eigenvalue weighted by molar-refractivity contribution is -0.117. The van der Waals surface area contributed by atoms with Crippen molar-refractivity contribution in [1.82, 2.24) is 10.2 Å². The Bertz CT molecular complexity index is 782. The molecule has 6 nitrogen and oxygen atoms in total. The molecule has 0 bridgehead atoms. The van der Waals surface area contributed by atoms with E-state index in [0.717, 1.165) is 12.8 Å². The molecule has 1 aromatic carbocycles. The number of benzene rings is 1. The monoisotopic (exact) mass is 386 g/mol. The van der Waals surface area contributed by atoms with Crippen molar-refractivity contribution in [2.75, 3.05) is 16.4 Å². The Balaban J connectivity index is 1.48. The van der Waals surface area contributed by atoms with Gasteiger partial charge in [0.25, 0.3) is 0 Å². The summed E-state index contributed by atoms with van der Waals surface area (Å²) in [5, 5.41) is 13.5. The van der Waals surface area contributed by atoms with Crippen LogP contribution in [0.2, 0.25) is 5.02 Å². The summed E-state index contributed by atoms with van der Waals surface area (Å²) in [6.07, 6.45) is 1.83. The van der Waals surface area contributed by atoms with Gasteiger partial charge in [0.15, 0.2) is 4.34 Å². The van der Waals surface area contributed by atoms with E-state index in [-0.39, 0.29) is 28.5 Å². The summed E-state index contributed by atoms with van der Waals surface area (Å²) < 4.78 is 13.6. The Morgan fingerprint density at radius 2 is 2.12 bits per heavy atom. The molecule has 24 heavy (non-hydrogen) atoms. The molecule has 0 unspecified atom stereocenters. The van der Waals surface area contributed by atoms with E-state index in [1.165, 1.54) is 41.3 Å². The lowest BCUT2D eigenvalue weighted by atomic mass is 10.3. The molecule has 1 aliphatic carbocycles. The maximum Gasteiger partial charge on any atom is 0.234 e. The third-order valence-corrected chi connectivity index (χ3v) is 5.38. The fourth-order valence-electron chi connectivity index (χ4n) is 1.77. The number of hydrogen-bond donors (Lipinski definition) is 2. The highest BCUT2D eigenvalue weighted by Gasteiger charge is 2.30. The first-order valence-electron chi connectivity index (χ1n) is 7.03. The zero-order chi connectivity index (χ0) is 17.1. The van der Waals surface area contributed by atoms with E-state index in [0.29, 0.717) is 15.2 Å². The van der Waals surface area contributed by atoms with Crippen molar-refractivity contribution < 1.29 is 14.0 Å². The van der Waals surface area contributed by atoms with Gasteiger partial charge in [0.05, 0.1) is 10.8 Å². The Morgan fingerprint density at radius 3 is 2.83 bits per heavy atom. The van der Waals surface area contributed by atoms with Crippen molar-refractivity contribution in [1.29, 1.82) is 0 Å². The fraction of sp³-hybridized carbons (Fsp3) is 0.286. The zero-order valence-corrected chi connectivity index (χ0v) is 14.6. The van der Waals surface area contributed by atoms with Gasteiger partial charge in [-0.3, -0.25) is 9.59 Å². The molecule has 0 radical (unpaired) electrons. The first kappa shape index (κ1) is 17.1. The van der Waals surface area contributed by atoms with Crippen LogP contribution in [0.4, 0.5) is 15.2 Å². The minimum atomic E-state index is -0.543. The number of nitrogens with one attached hydrogen (secondary N) is 2. The van der Waals surface area contributed by atoms with Crippen LogP contribution in [0, 0.1) is 11.7 Å². The predicted octanol–water partition coefficient (Wildman–Crippen LogP) is 3.41. The number of carbonyl (C=O) groups excluding carboxylic acids is 2. The number of anilines is 2. The third kappa shape index (κ3) is 4.65. The van der Waals surface area contributed by atoms with Gasteiger partial charge in [0.1, 0.15) is 5.82 Å². The molecule has 1 fully saturated rings. The van der Waals surface area contributed by atoms with Gasteiger partial charge in [-0.1, -0.05) is 34.7 Å². The number of aromatic nitrogens is 2. The second-order valence-electron chi connectivity index (χ2n) is 5.10. The van der Waals surface area contributed by atoms with Gasteiger partial charge in [-0.15, -0.1) is 10.2 Å². The lowest BCUT2D eigenvalue weighted by Gasteiger charge is -2.04. The van der Waals surface area contributed by atoms with Crippen LogP contribution < -0.4 is 10.6 Å². The van der Waals surface area contributed by atoms with Crippen LogP contribution in [-0.4, -0.2) is 27.8 Å². The van der Waals surface area contributed by atoms with Crippen LogP contribution in [-0.2, 0) is 9.59 Å². The summed E-state index contributed by atoms with van der Waals surface area (Å²) in [6.45, 7) is 0. The van der Waals surface area contributed by atoms with E-state index in [4.69, 9.17) is 11.6 Å². The van der Waals surface area contributed by atoms with E-state index in [1.54, 1.807) is 0 Å². The Kier molecular flexibility index (Phi) is 5.32. The summed E-state index contributed by atoms with van der Waals surface area (Å²) in [4.78, 5) is 23.5. The van der Waals surface area contributed by atoms with Crippen molar-refractivity contribution in [2.45, 2.75) is 17.2 Å². The van der Waals surface area contributed by atoms with Crippen molar-refractivity contribution in [3.8, 4) is 0 Å². The molecule has 0 saturated heterocycles. The van der Waals surface area contributed by atoms with Crippen molar-refractivity contribution in [3.63, 3.8) is 0 Å². The molecule has 10 heteroatoms. The van der Waals surface area contributed by atoms with Gasteiger partial charge in [0.2, 0.25) is 16.9 Å². The maximum absolute atomic E-state index is 13.1. The average Bonchev–Trinajstić information content (AvgIpc) is 3.30. The van der Waals surface area contributed by atoms with E-state index >= 15 is 0 Å². The van der Waals surface area contributed by atoms with Gasteiger partial charge in [-0.05, 0) is 31.0 Å². The number of nitrogens with zero attached hydrogens (tertiary/aromatic N) is 2. The molecular weight excluding hydrogens is 375 g/mol. The van der Waals surface area contributed by atoms with Gasteiger partial charge < -0.3 is 10.6 Å². The Labute approximate surface area is 150 Å². The summed E-state index contributed by atoms with van der Waals surface area (Å²) in [7, 11) is 0. The van der Waals surface area contributed by atoms with Crippen LogP contribution in [0.1, 0.15) is 12.8 Å². The minimum absolute atomic E-state index is 0.0337. The molecule has 1 aromatic heterocycles. The molecular formula is C14H12ClFN4O2S2. The minimum Gasteiger partial charge on any atom is -0.325 e. The van der Waals surface area contributed by atoms with Gasteiger partial charge >= 0.3 is 0 Å². The first-order valence-corrected chi connectivity index (χ1v) is 9.21. The maximum atomic E-state index is 13.1. The number of rotatable bonds is 6. The molecule has 2 aromatic rings. The van der Waals surface area contributed by atoms with Gasteiger partial charge in [-0.25, -0.2) is 4.39 Å².